The fourth-order valence-corrected chi connectivity index (χ4v) is 4.46. The number of carbonyl (C=O) groups is 1. The Morgan fingerprint density at radius 1 is 1.12 bits per heavy atom. The van der Waals surface area contributed by atoms with E-state index < -0.39 is 0 Å². The van der Waals surface area contributed by atoms with Crippen molar-refractivity contribution in [3.05, 3.63) is 0 Å². The molecule has 1 saturated heterocycles. The molecule has 0 bridgehead atoms. The van der Waals surface area contributed by atoms with Gasteiger partial charge in [-0.1, -0.05) is 33.1 Å². The molecule has 2 aliphatic carbocycles. The maximum Gasteiger partial charge on any atom is 0.223 e. The molecule has 2 unspecified atom stereocenters. The van der Waals surface area contributed by atoms with Gasteiger partial charge in [-0.2, -0.15) is 0 Å². The van der Waals surface area contributed by atoms with E-state index in [0.29, 0.717) is 17.2 Å². The highest BCUT2D eigenvalue weighted by Crippen LogP contribution is 2.61. The van der Waals surface area contributed by atoms with Gasteiger partial charge in [0.25, 0.3) is 0 Å². The normalized spacial score (nSPS) is 39.8. The minimum atomic E-state index is 0.181. The molecule has 1 spiro atoms. The fraction of sp³-hybridized carbons (Fsp3) is 0.929. The van der Waals surface area contributed by atoms with Gasteiger partial charge in [0.15, 0.2) is 0 Å². The Bertz CT molecular complexity index is 313. The van der Waals surface area contributed by atoms with Crippen LogP contribution in [0.3, 0.4) is 0 Å². The van der Waals surface area contributed by atoms with E-state index in [1.54, 1.807) is 0 Å². The van der Waals surface area contributed by atoms with Gasteiger partial charge in [0.1, 0.15) is 0 Å². The van der Waals surface area contributed by atoms with Crippen molar-refractivity contribution in [3.8, 4) is 0 Å². The summed E-state index contributed by atoms with van der Waals surface area (Å²) in [5.41, 5.74) is 0.649. The van der Waals surface area contributed by atoms with Crippen LogP contribution < -0.4 is 5.32 Å². The van der Waals surface area contributed by atoms with Gasteiger partial charge < -0.3 is 5.32 Å². The molecule has 2 saturated carbocycles. The van der Waals surface area contributed by atoms with Crippen molar-refractivity contribution in [1.82, 2.24) is 5.32 Å². The molecule has 90 valence electrons. The number of amides is 1. The van der Waals surface area contributed by atoms with E-state index in [4.69, 9.17) is 0 Å². The number of hydrogen-bond donors (Lipinski definition) is 1. The molecule has 3 aliphatic rings. The van der Waals surface area contributed by atoms with Gasteiger partial charge in [0.2, 0.25) is 5.91 Å². The van der Waals surface area contributed by atoms with Crippen LogP contribution in [0.4, 0.5) is 0 Å². The lowest BCUT2D eigenvalue weighted by molar-refractivity contribution is -0.123. The first-order valence-electron chi connectivity index (χ1n) is 6.90. The Morgan fingerprint density at radius 2 is 1.75 bits per heavy atom. The molecule has 0 aromatic carbocycles. The van der Waals surface area contributed by atoms with Crippen LogP contribution in [0.2, 0.25) is 0 Å². The summed E-state index contributed by atoms with van der Waals surface area (Å²) in [6.45, 7) is 4.54. The molecule has 0 aromatic rings. The summed E-state index contributed by atoms with van der Waals surface area (Å²) in [7, 11) is 0. The lowest BCUT2D eigenvalue weighted by atomic mass is 9.65. The highest BCUT2D eigenvalue weighted by Gasteiger charge is 2.61. The lowest BCUT2D eigenvalue weighted by Gasteiger charge is -2.42. The van der Waals surface area contributed by atoms with Crippen LogP contribution in [-0.2, 0) is 4.79 Å². The SMILES string of the molecule is CC1C(=O)NC2(CCCCC2)C1C1(C)CC1. The zero-order valence-electron chi connectivity index (χ0n) is 10.5. The third-order valence-electron chi connectivity index (χ3n) is 5.42. The highest BCUT2D eigenvalue weighted by atomic mass is 16.2. The van der Waals surface area contributed by atoms with E-state index >= 15 is 0 Å². The molecule has 0 aromatic heterocycles. The van der Waals surface area contributed by atoms with Crippen molar-refractivity contribution in [1.29, 1.82) is 0 Å². The standard InChI is InChI=1S/C14H23NO/c1-10-11(13(2)8-9-13)14(15-12(10)16)6-4-3-5-7-14/h10-11H,3-9H2,1-2H3,(H,15,16). The van der Waals surface area contributed by atoms with Gasteiger partial charge in [0.05, 0.1) is 0 Å². The summed E-state index contributed by atoms with van der Waals surface area (Å²) < 4.78 is 0. The quantitative estimate of drug-likeness (QED) is 0.725. The summed E-state index contributed by atoms with van der Waals surface area (Å²) >= 11 is 0. The predicted octanol–water partition coefficient (Wildman–Crippen LogP) is 2.87. The summed E-state index contributed by atoms with van der Waals surface area (Å²) in [4.78, 5) is 12.0. The molecule has 3 fully saturated rings. The smallest absolute Gasteiger partial charge is 0.223 e. The third-order valence-corrected chi connectivity index (χ3v) is 5.42. The molecule has 1 amide bonds. The summed E-state index contributed by atoms with van der Waals surface area (Å²) in [6, 6.07) is 0. The summed E-state index contributed by atoms with van der Waals surface area (Å²) in [5, 5.41) is 3.38. The molecule has 1 aliphatic heterocycles. The maximum atomic E-state index is 12.0. The van der Waals surface area contributed by atoms with Gasteiger partial charge >= 0.3 is 0 Å². The van der Waals surface area contributed by atoms with Crippen molar-refractivity contribution >= 4 is 5.91 Å². The first kappa shape index (κ1) is 10.6. The molecule has 16 heavy (non-hydrogen) atoms. The Labute approximate surface area is 98.2 Å². The molecule has 1 N–H and O–H groups in total. The molecule has 2 atom stereocenters. The van der Waals surface area contributed by atoms with Crippen molar-refractivity contribution in [2.45, 2.75) is 64.3 Å². The summed E-state index contributed by atoms with van der Waals surface area (Å²) in [6.07, 6.45) is 9.08. The van der Waals surface area contributed by atoms with Crippen LogP contribution in [0.25, 0.3) is 0 Å². The number of carbonyl (C=O) groups excluding carboxylic acids is 1. The topological polar surface area (TPSA) is 29.1 Å². The van der Waals surface area contributed by atoms with Gasteiger partial charge in [-0.05, 0) is 37.0 Å². The van der Waals surface area contributed by atoms with Crippen LogP contribution >= 0.6 is 0 Å². The zero-order valence-corrected chi connectivity index (χ0v) is 10.5. The van der Waals surface area contributed by atoms with E-state index in [2.05, 4.69) is 19.2 Å². The van der Waals surface area contributed by atoms with Crippen molar-refractivity contribution < 1.29 is 4.79 Å². The molecular weight excluding hydrogens is 198 g/mol. The van der Waals surface area contributed by atoms with Gasteiger partial charge in [-0.3, -0.25) is 4.79 Å². The monoisotopic (exact) mass is 221 g/mol. The van der Waals surface area contributed by atoms with E-state index in [0.717, 1.165) is 0 Å². The van der Waals surface area contributed by atoms with E-state index in [1.807, 2.05) is 0 Å². The number of nitrogens with one attached hydrogen (secondary N) is 1. The Hall–Kier alpha value is -0.530. The first-order chi connectivity index (χ1) is 7.57. The number of hydrogen-bond acceptors (Lipinski definition) is 1. The second kappa shape index (κ2) is 3.24. The van der Waals surface area contributed by atoms with Gasteiger partial charge in [-0.25, -0.2) is 0 Å². The van der Waals surface area contributed by atoms with Crippen LogP contribution in [0.5, 0.6) is 0 Å². The fourth-order valence-electron chi connectivity index (χ4n) is 4.46. The average molecular weight is 221 g/mol. The van der Waals surface area contributed by atoms with E-state index in [1.165, 1.54) is 44.9 Å². The molecule has 2 nitrogen and oxygen atoms in total. The van der Waals surface area contributed by atoms with E-state index in [9.17, 15) is 4.79 Å². The Morgan fingerprint density at radius 3 is 2.31 bits per heavy atom. The Kier molecular flexibility index (Phi) is 2.15. The first-order valence-corrected chi connectivity index (χ1v) is 6.90. The largest absolute Gasteiger partial charge is 0.350 e. The minimum absolute atomic E-state index is 0.181. The highest BCUT2D eigenvalue weighted by molar-refractivity contribution is 5.82. The van der Waals surface area contributed by atoms with Crippen molar-refractivity contribution in [3.63, 3.8) is 0 Å². The zero-order chi connectivity index (χ0) is 11.4. The van der Waals surface area contributed by atoms with Gasteiger partial charge in [-0.15, -0.1) is 0 Å². The van der Waals surface area contributed by atoms with Crippen molar-refractivity contribution in [2.24, 2.45) is 17.3 Å². The Balaban J connectivity index is 1.93. The van der Waals surface area contributed by atoms with Crippen molar-refractivity contribution in [2.75, 3.05) is 0 Å². The number of rotatable bonds is 1. The molecule has 1 heterocycles. The van der Waals surface area contributed by atoms with Crippen LogP contribution in [0.15, 0.2) is 0 Å². The van der Waals surface area contributed by atoms with E-state index in [-0.39, 0.29) is 11.5 Å². The average Bonchev–Trinajstić information content (AvgIpc) is 2.92. The molecule has 3 rings (SSSR count). The van der Waals surface area contributed by atoms with Crippen LogP contribution in [0.1, 0.15) is 58.8 Å². The lowest BCUT2D eigenvalue weighted by Crippen LogP contribution is -2.49. The van der Waals surface area contributed by atoms with Gasteiger partial charge in [0, 0.05) is 11.5 Å². The third kappa shape index (κ3) is 1.34. The predicted molar refractivity (Wildman–Crippen MR) is 64.0 cm³/mol. The maximum absolute atomic E-state index is 12.0. The van der Waals surface area contributed by atoms with Crippen LogP contribution in [0, 0.1) is 17.3 Å². The molecule has 2 heteroatoms. The van der Waals surface area contributed by atoms with Crippen LogP contribution in [-0.4, -0.2) is 11.4 Å². The second-order valence-corrected chi connectivity index (χ2v) is 6.63. The molecular formula is C14H23NO. The minimum Gasteiger partial charge on any atom is -0.350 e. The molecule has 0 radical (unpaired) electrons. The summed E-state index contributed by atoms with van der Waals surface area (Å²) in [5.74, 6) is 1.17. The second-order valence-electron chi connectivity index (χ2n) is 6.63.